The van der Waals surface area contributed by atoms with E-state index in [0.29, 0.717) is 5.13 Å². The summed E-state index contributed by atoms with van der Waals surface area (Å²) in [7, 11) is 0. The molecular formula is C18H16BrN3O2S. The Kier molecular flexibility index (Phi) is 5.15. The van der Waals surface area contributed by atoms with Crippen molar-refractivity contribution in [1.82, 2.24) is 9.55 Å². The maximum atomic E-state index is 12.3. The number of nitrogens with zero attached hydrogens (tertiary/aromatic N) is 2. The topological polar surface area (TPSA) is 64.0 Å². The Labute approximate surface area is 157 Å². The number of thiazole rings is 1. The van der Waals surface area contributed by atoms with Crippen LogP contribution in [0.2, 0.25) is 0 Å². The van der Waals surface area contributed by atoms with E-state index in [0.717, 1.165) is 27.1 Å². The Hall–Kier alpha value is -2.25. The van der Waals surface area contributed by atoms with Gasteiger partial charge in [0, 0.05) is 38.9 Å². The molecule has 3 aromatic rings. The molecule has 2 heterocycles. The second-order valence-electron chi connectivity index (χ2n) is 5.65. The second kappa shape index (κ2) is 7.33. The number of hydrogen-bond donors (Lipinski definition) is 1. The summed E-state index contributed by atoms with van der Waals surface area (Å²) < 4.78 is 2.81. The Balaban J connectivity index is 1.72. The quantitative estimate of drug-likeness (QED) is 0.697. The van der Waals surface area contributed by atoms with Crippen LogP contribution in [0.3, 0.4) is 0 Å². The average Bonchev–Trinajstić information content (AvgIpc) is 3.00. The van der Waals surface area contributed by atoms with Gasteiger partial charge < -0.3 is 9.88 Å². The fraction of sp³-hybridized carbons (Fsp3) is 0.167. The summed E-state index contributed by atoms with van der Waals surface area (Å²) >= 11 is 4.79. The van der Waals surface area contributed by atoms with Gasteiger partial charge in [-0.3, -0.25) is 9.59 Å². The molecular weight excluding hydrogens is 402 g/mol. The van der Waals surface area contributed by atoms with E-state index in [1.54, 1.807) is 4.57 Å². The number of amides is 1. The van der Waals surface area contributed by atoms with E-state index in [-0.39, 0.29) is 17.9 Å². The summed E-state index contributed by atoms with van der Waals surface area (Å²) in [5, 5.41) is 5.29. The molecule has 0 saturated heterocycles. The first-order valence-electron chi connectivity index (χ1n) is 7.62. The summed E-state index contributed by atoms with van der Waals surface area (Å²) in [6.45, 7) is 3.78. The highest BCUT2D eigenvalue weighted by molar-refractivity contribution is 9.10. The molecule has 5 nitrogen and oxygen atoms in total. The van der Waals surface area contributed by atoms with Crippen LogP contribution in [-0.2, 0) is 11.3 Å². The summed E-state index contributed by atoms with van der Waals surface area (Å²) in [6, 6.07) is 10.9. The van der Waals surface area contributed by atoms with E-state index in [9.17, 15) is 9.59 Å². The number of nitrogens with one attached hydrogen (secondary N) is 1. The molecule has 1 amide bonds. The Morgan fingerprint density at radius 1 is 1.20 bits per heavy atom. The van der Waals surface area contributed by atoms with Gasteiger partial charge in [-0.1, -0.05) is 28.1 Å². The van der Waals surface area contributed by atoms with E-state index >= 15 is 0 Å². The zero-order chi connectivity index (χ0) is 18.0. The smallest absolute Gasteiger partial charge is 0.246 e. The number of halogens is 1. The summed E-state index contributed by atoms with van der Waals surface area (Å²) in [5.41, 5.74) is 3.28. The minimum absolute atomic E-state index is 0.0503. The molecule has 0 aliphatic carbocycles. The molecule has 1 aromatic carbocycles. The van der Waals surface area contributed by atoms with Crippen LogP contribution in [0.4, 0.5) is 5.13 Å². The zero-order valence-electron chi connectivity index (χ0n) is 13.7. The van der Waals surface area contributed by atoms with Gasteiger partial charge in [-0.05, 0) is 26.0 Å². The Bertz CT molecular complexity index is 950. The first-order chi connectivity index (χ1) is 11.9. The van der Waals surface area contributed by atoms with Gasteiger partial charge in [0.2, 0.25) is 5.91 Å². The lowest BCUT2D eigenvalue weighted by Gasteiger charge is -2.13. The number of aromatic nitrogens is 2. The zero-order valence-corrected chi connectivity index (χ0v) is 16.1. The molecule has 0 fully saturated rings. The number of rotatable bonds is 4. The van der Waals surface area contributed by atoms with Crippen LogP contribution in [0.25, 0.3) is 11.3 Å². The van der Waals surface area contributed by atoms with Crippen LogP contribution < -0.4 is 10.7 Å². The van der Waals surface area contributed by atoms with Crippen molar-refractivity contribution in [3.05, 3.63) is 67.9 Å². The van der Waals surface area contributed by atoms with Crippen molar-refractivity contribution in [2.75, 3.05) is 5.32 Å². The van der Waals surface area contributed by atoms with Gasteiger partial charge >= 0.3 is 0 Å². The molecule has 0 aliphatic heterocycles. The number of aryl methyl sites for hydroxylation is 2. The van der Waals surface area contributed by atoms with E-state index in [2.05, 4.69) is 26.2 Å². The molecule has 0 bridgehead atoms. The van der Waals surface area contributed by atoms with Crippen molar-refractivity contribution in [2.45, 2.75) is 20.4 Å². The predicted octanol–water partition coefficient (Wildman–Crippen LogP) is 3.99. The Morgan fingerprint density at radius 2 is 1.84 bits per heavy atom. The third kappa shape index (κ3) is 4.24. The summed E-state index contributed by atoms with van der Waals surface area (Å²) in [4.78, 5) is 28.2. The molecule has 25 heavy (non-hydrogen) atoms. The number of carbonyl (C=O) groups excluding carboxylic acids is 1. The average molecular weight is 418 g/mol. The molecule has 0 spiro atoms. The lowest BCUT2D eigenvalue weighted by atomic mass is 10.2. The molecule has 128 valence electrons. The van der Waals surface area contributed by atoms with Gasteiger partial charge in [-0.15, -0.1) is 11.3 Å². The van der Waals surface area contributed by atoms with E-state index in [1.807, 2.05) is 43.5 Å². The molecule has 7 heteroatoms. The van der Waals surface area contributed by atoms with Crippen molar-refractivity contribution in [3.63, 3.8) is 0 Å². The van der Waals surface area contributed by atoms with Crippen LogP contribution in [0.1, 0.15) is 11.4 Å². The van der Waals surface area contributed by atoms with E-state index < -0.39 is 0 Å². The third-order valence-corrected chi connectivity index (χ3v) is 5.03. The van der Waals surface area contributed by atoms with Crippen molar-refractivity contribution in [3.8, 4) is 11.3 Å². The number of hydrogen-bond acceptors (Lipinski definition) is 4. The molecule has 2 aromatic heterocycles. The number of anilines is 1. The number of carbonyl (C=O) groups is 1. The van der Waals surface area contributed by atoms with Gasteiger partial charge in [0.05, 0.1) is 5.69 Å². The summed E-state index contributed by atoms with van der Waals surface area (Å²) in [5.74, 6) is -0.174. The molecule has 0 unspecified atom stereocenters. The second-order valence-corrected chi connectivity index (χ2v) is 7.43. The maximum Gasteiger partial charge on any atom is 0.246 e. The van der Waals surface area contributed by atoms with E-state index in [4.69, 9.17) is 0 Å². The molecule has 0 saturated carbocycles. The molecule has 0 radical (unpaired) electrons. The van der Waals surface area contributed by atoms with Crippen LogP contribution in [0, 0.1) is 13.8 Å². The highest BCUT2D eigenvalue weighted by Crippen LogP contribution is 2.26. The molecule has 0 atom stereocenters. The van der Waals surface area contributed by atoms with Crippen molar-refractivity contribution in [2.24, 2.45) is 0 Å². The SMILES string of the molecule is Cc1cc(=O)cc(C)n1CC(=O)Nc1nc(-c2ccc(Br)cc2)cs1. The molecule has 3 rings (SSSR count). The normalized spacial score (nSPS) is 10.7. The fourth-order valence-corrected chi connectivity index (χ4v) is 3.52. The minimum atomic E-state index is -0.174. The highest BCUT2D eigenvalue weighted by Gasteiger charge is 2.11. The third-order valence-electron chi connectivity index (χ3n) is 3.75. The maximum absolute atomic E-state index is 12.3. The van der Waals surface area contributed by atoms with Gasteiger partial charge in [0.15, 0.2) is 10.6 Å². The van der Waals surface area contributed by atoms with Gasteiger partial charge in [-0.25, -0.2) is 4.98 Å². The molecule has 1 N–H and O–H groups in total. The predicted molar refractivity (Wildman–Crippen MR) is 104 cm³/mol. The summed E-state index contributed by atoms with van der Waals surface area (Å²) in [6.07, 6.45) is 0. The van der Waals surface area contributed by atoms with Crippen LogP contribution >= 0.6 is 27.3 Å². The van der Waals surface area contributed by atoms with Crippen molar-refractivity contribution < 1.29 is 4.79 Å². The standard InChI is InChI=1S/C18H16BrN3O2S/c1-11-7-15(23)8-12(2)22(11)9-17(24)21-18-20-16(10-25-18)13-3-5-14(19)6-4-13/h3-8,10H,9H2,1-2H3,(H,20,21,24). The van der Waals surface area contributed by atoms with Gasteiger partial charge in [0.25, 0.3) is 0 Å². The van der Waals surface area contributed by atoms with Crippen LogP contribution in [0.5, 0.6) is 0 Å². The van der Waals surface area contributed by atoms with Crippen molar-refractivity contribution in [1.29, 1.82) is 0 Å². The first kappa shape index (κ1) is 17.6. The van der Waals surface area contributed by atoms with Crippen LogP contribution in [-0.4, -0.2) is 15.5 Å². The van der Waals surface area contributed by atoms with Crippen LogP contribution in [0.15, 0.2) is 51.0 Å². The number of pyridine rings is 1. The lowest BCUT2D eigenvalue weighted by Crippen LogP contribution is -2.23. The monoisotopic (exact) mass is 417 g/mol. The van der Waals surface area contributed by atoms with E-state index in [1.165, 1.54) is 23.5 Å². The Morgan fingerprint density at radius 3 is 2.48 bits per heavy atom. The first-order valence-corrected chi connectivity index (χ1v) is 9.29. The fourth-order valence-electron chi connectivity index (χ4n) is 2.52. The lowest BCUT2D eigenvalue weighted by molar-refractivity contribution is -0.116. The van der Waals surface area contributed by atoms with Crippen molar-refractivity contribution >= 4 is 38.3 Å². The minimum Gasteiger partial charge on any atom is -0.340 e. The van der Waals surface area contributed by atoms with Gasteiger partial charge in [0.1, 0.15) is 6.54 Å². The highest BCUT2D eigenvalue weighted by atomic mass is 79.9. The molecule has 0 aliphatic rings. The van der Waals surface area contributed by atoms with Gasteiger partial charge in [-0.2, -0.15) is 0 Å². The number of benzene rings is 1. The largest absolute Gasteiger partial charge is 0.340 e.